The molecule has 1 heterocycles. The first-order valence-corrected chi connectivity index (χ1v) is 6.88. The standard InChI is InChI=1S/C17H14O5/c1-3-21-16(19)12-8-14-13(6-9(12)2)11-5-4-10(18)7-15(11)22-17(14)20/h4-8,18H,3H2,1-2H3. The second kappa shape index (κ2) is 5.18. The van der Waals surface area contributed by atoms with Gasteiger partial charge in [-0.2, -0.15) is 0 Å². The van der Waals surface area contributed by atoms with E-state index in [4.69, 9.17) is 9.15 Å². The molecule has 112 valence electrons. The largest absolute Gasteiger partial charge is 0.508 e. The molecule has 0 amide bonds. The maximum absolute atomic E-state index is 12.1. The molecule has 3 aromatic rings. The van der Waals surface area contributed by atoms with E-state index in [1.165, 1.54) is 18.2 Å². The molecule has 5 nitrogen and oxygen atoms in total. The molecule has 1 aromatic heterocycles. The molecule has 3 rings (SSSR count). The molecule has 0 unspecified atom stereocenters. The predicted octanol–water partition coefficient (Wildman–Crippen LogP) is 3.14. The van der Waals surface area contributed by atoms with Crippen molar-refractivity contribution in [2.45, 2.75) is 13.8 Å². The SMILES string of the molecule is CCOC(=O)c1cc2c(=O)oc3cc(O)ccc3c2cc1C. The number of ether oxygens (including phenoxy) is 1. The van der Waals surface area contributed by atoms with Gasteiger partial charge in [-0.15, -0.1) is 0 Å². The number of esters is 1. The van der Waals surface area contributed by atoms with Gasteiger partial charge in [0.15, 0.2) is 0 Å². The molecule has 0 spiro atoms. The molecule has 0 saturated heterocycles. The van der Waals surface area contributed by atoms with Gasteiger partial charge in [0.1, 0.15) is 11.3 Å². The van der Waals surface area contributed by atoms with E-state index in [1.807, 2.05) is 0 Å². The van der Waals surface area contributed by atoms with Crippen molar-refractivity contribution in [1.29, 1.82) is 0 Å². The fraction of sp³-hybridized carbons (Fsp3) is 0.176. The summed E-state index contributed by atoms with van der Waals surface area (Å²) in [5.74, 6) is -0.443. The Morgan fingerprint density at radius 2 is 1.95 bits per heavy atom. The number of rotatable bonds is 2. The normalized spacial score (nSPS) is 11.0. The molecule has 0 radical (unpaired) electrons. The molecule has 0 fully saturated rings. The molecular formula is C17H14O5. The summed E-state index contributed by atoms with van der Waals surface area (Å²) in [6.45, 7) is 3.77. The van der Waals surface area contributed by atoms with Crippen molar-refractivity contribution in [3.63, 3.8) is 0 Å². The highest BCUT2D eigenvalue weighted by atomic mass is 16.5. The van der Waals surface area contributed by atoms with Crippen LogP contribution in [0.3, 0.4) is 0 Å². The first-order chi connectivity index (χ1) is 10.5. The van der Waals surface area contributed by atoms with Gasteiger partial charge < -0.3 is 14.3 Å². The summed E-state index contributed by atoms with van der Waals surface area (Å²) in [5, 5.41) is 11.2. The third-order valence-corrected chi connectivity index (χ3v) is 3.54. The summed E-state index contributed by atoms with van der Waals surface area (Å²) in [5.41, 5.74) is 0.810. The zero-order chi connectivity index (χ0) is 15.9. The van der Waals surface area contributed by atoms with Crippen molar-refractivity contribution in [3.8, 4) is 5.75 Å². The monoisotopic (exact) mass is 298 g/mol. The van der Waals surface area contributed by atoms with Gasteiger partial charge in [-0.1, -0.05) is 0 Å². The third kappa shape index (κ3) is 2.20. The smallest absolute Gasteiger partial charge is 0.344 e. The Morgan fingerprint density at radius 1 is 1.18 bits per heavy atom. The van der Waals surface area contributed by atoms with Crippen LogP contribution in [0.25, 0.3) is 21.7 Å². The number of fused-ring (bicyclic) bond motifs is 3. The summed E-state index contributed by atoms with van der Waals surface area (Å²) in [6.07, 6.45) is 0. The highest BCUT2D eigenvalue weighted by Gasteiger charge is 2.15. The van der Waals surface area contributed by atoms with E-state index in [9.17, 15) is 14.7 Å². The minimum atomic E-state index is -0.557. The maximum Gasteiger partial charge on any atom is 0.344 e. The minimum absolute atomic E-state index is 0.0230. The predicted molar refractivity (Wildman–Crippen MR) is 82.3 cm³/mol. The number of carbonyl (C=O) groups excluding carboxylic acids is 1. The lowest BCUT2D eigenvalue weighted by Crippen LogP contribution is -2.09. The van der Waals surface area contributed by atoms with Gasteiger partial charge in [0.2, 0.25) is 0 Å². The van der Waals surface area contributed by atoms with Crippen LogP contribution in [0.1, 0.15) is 22.8 Å². The summed E-state index contributed by atoms with van der Waals surface area (Å²) < 4.78 is 10.2. The van der Waals surface area contributed by atoms with Crippen molar-refractivity contribution in [3.05, 3.63) is 51.9 Å². The first-order valence-electron chi connectivity index (χ1n) is 6.88. The third-order valence-electron chi connectivity index (χ3n) is 3.54. The van der Waals surface area contributed by atoms with Gasteiger partial charge in [0.25, 0.3) is 0 Å². The van der Waals surface area contributed by atoms with E-state index in [-0.39, 0.29) is 12.4 Å². The summed E-state index contributed by atoms with van der Waals surface area (Å²) in [7, 11) is 0. The maximum atomic E-state index is 12.1. The van der Waals surface area contributed by atoms with E-state index < -0.39 is 11.6 Å². The average Bonchev–Trinajstić information content (AvgIpc) is 2.46. The van der Waals surface area contributed by atoms with Crippen LogP contribution in [0, 0.1) is 6.92 Å². The average molecular weight is 298 g/mol. The van der Waals surface area contributed by atoms with Gasteiger partial charge in [0.05, 0.1) is 17.6 Å². The Labute approximate surface area is 125 Å². The summed E-state index contributed by atoms with van der Waals surface area (Å²) in [4.78, 5) is 24.1. The van der Waals surface area contributed by atoms with Crippen LogP contribution in [0.2, 0.25) is 0 Å². The molecule has 0 saturated carbocycles. The Kier molecular flexibility index (Phi) is 3.33. The van der Waals surface area contributed by atoms with Crippen LogP contribution in [0.4, 0.5) is 0 Å². The number of benzene rings is 2. The van der Waals surface area contributed by atoms with Crippen molar-refractivity contribution < 1.29 is 19.1 Å². The van der Waals surface area contributed by atoms with Crippen LogP contribution < -0.4 is 5.63 Å². The summed E-state index contributed by atoms with van der Waals surface area (Å²) >= 11 is 0. The van der Waals surface area contributed by atoms with E-state index in [1.54, 1.807) is 26.0 Å². The van der Waals surface area contributed by atoms with Gasteiger partial charge in [0, 0.05) is 16.8 Å². The summed E-state index contributed by atoms with van der Waals surface area (Å²) in [6, 6.07) is 7.86. The highest BCUT2D eigenvalue weighted by Crippen LogP contribution is 2.28. The molecule has 0 aliphatic heterocycles. The number of aromatic hydroxyl groups is 1. The molecule has 0 atom stereocenters. The molecule has 0 aliphatic rings. The van der Waals surface area contributed by atoms with E-state index in [0.717, 1.165) is 0 Å². The molecule has 0 bridgehead atoms. The Hall–Kier alpha value is -2.82. The molecule has 1 N–H and O–H groups in total. The zero-order valence-corrected chi connectivity index (χ0v) is 12.2. The van der Waals surface area contributed by atoms with Crippen molar-refractivity contribution in [1.82, 2.24) is 0 Å². The fourth-order valence-corrected chi connectivity index (χ4v) is 2.50. The lowest BCUT2D eigenvalue weighted by Gasteiger charge is -2.09. The number of aryl methyl sites for hydroxylation is 1. The van der Waals surface area contributed by atoms with Crippen LogP contribution >= 0.6 is 0 Å². The van der Waals surface area contributed by atoms with Crippen LogP contribution in [0.5, 0.6) is 5.75 Å². The second-order valence-electron chi connectivity index (χ2n) is 5.00. The number of phenols is 1. The molecule has 0 aliphatic carbocycles. The van der Waals surface area contributed by atoms with E-state index >= 15 is 0 Å². The second-order valence-corrected chi connectivity index (χ2v) is 5.00. The van der Waals surface area contributed by atoms with Crippen LogP contribution in [-0.4, -0.2) is 17.7 Å². The molecule has 5 heteroatoms. The van der Waals surface area contributed by atoms with Crippen molar-refractivity contribution in [2.24, 2.45) is 0 Å². The molecule has 2 aromatic carbocycles. The first kappa shape index (κ1) is 14.1. The van der Waals surface area contributed by atoms with Gasteiger partial charge in [-0.25, -0.2) is 9.59 Å². The molecular weight excluding hydrogens is 284 g/mol. The number of phenolic OH excluding ortho intramolecular Hbond substituents is 1. The lowest BCUT2D eigenvalue weighted by atomic mass is 10.0. The lowest BCUT2D eigenvalue weighted by molar-refractivity contribution is 0.0525. The quantitative estimate of drug-likeness (QED) is 0.447. The number of hydrogen-bond donors (Lipinski definition) is 1. The zero-order valence-electron chi connectivity index (χ0n) is 12.2. The highest BCUT2D eigenvalue weighted by molar-refractivity contribution is 6.07. The van der Waals surface area contributed by atoms with Crippen molar-refractivity contribution >= 4 is 27.7 Å². The fourth-order valence-electron chi connectivity index (χ4n) is 2.50. The van der Waals surface area contributed by atoms with E-state index in [0.29, 0.717) is 32.9 Å². The number of hydrogen-bond acceptors (Lipinski definition) is 5. The van der Waals surface area contributed by atoms with Gasteiger partial charge in [-0.05, 0) is 43.7 Å². The van der Waals surface area contributed by atoms with Gasteiger partial charge in [-0.3, -0.25) is 0 Å². The Balaban J connectivity index is 2.37. The molecule has 22 heavy (non-hydrogen) atoms. The van der Waals surface area contributed by atoms with Crippen LogP contribution in [0.15, 0.2) is 39.5 Å². The van der Waals surface area contributed by atoms with E-state index in [2.05, 4.69) is 0 Å². The Bertz CT molecular complexity index is 953. The van der Waals surface area contributed by atoms with Crippen LogP contribution in [-0.2, 0) is 4.74 Å². The van der Waals surface area contributed by atoms with Gasteiger partial charge >= 0.3 is 11.6 Å². The minimum Gasteiger partial charge on any atom is -0.508 e. The Morgan fingerprint density at radius 3 is 2.68 bits per heavy atom. The van der Waals surface area contributed by atoms with Crippen molar-refractivity contribution in [2.75, 3.05) is 6.61 Å². The topological polar surface area (TPSA) is 76.7 Å². The number of carbonyl (C=O) groups is 1.